The Labute approximate surface area is 114 Å². The summed E-state index contributed by atoms with van der Waals surface area (Å²) in [5, 5.41) is 0. The first-order chi connectivity index (χ1) is 8.74. The first-order valence-corrected chi connectivity index (χ1v) is 6.52. The summed E-state index contributed by atoms with van der Waals surface area (Å²) in [7, 11) is 0. The third-order valence-corrected chi connectivity index (χ3v) is 3.50. The molecule has 18 heavy (non-hydrogen) atoms. The Morgan fingerprint density at radius 3 is 2.33 bits per heavy atom. The fourth-order valence-electron chi connectivity index (χ4n) is 2.17. The molecule has 1 aliphatic rings. The zero-order valence-electron chi connectivity index (χ0n) is 9.64. The lowest BCUT2D eigenvalue weighted by Gasteiger charge is -2.14. The quantitative estimate of drug-likeness (QED) is 0.759. The van der Waals surface area contributed by atoms with E-state index in [0.717, 1.165) is 0 Å². The summed E-state index contributed by atoms with van der Waals surface area (Å²) in [5.41, 5.74) is 2.93. The molecule has 0 unspecified atom stereocenters. The van der Waals surface area contributed by atoms with Crippen molar-refractivity contribution in [1.82, 2.24) is 9.88 Å². The van der Waals surface area contributed by atoms with Crippen LogP contribution in [0.1, 0.15) is 21.6 Å². The summed E-state index contributed by atoms with van der Waals surface area (Å²) < 4.78 is 0.685. The number of carbonyl (C=O) groups is 1. The fraction of sp³-hybridized carbons (Fsp3) is 0.143. The third kappa shape index (κ3) is 2.04. The first kappa shape index (κ1) is 11.4. The highest BCUT2D eigenvalue weighted by atomic mass is 79.9. The second kappa shape index (κ2) is 4.53. The molecule has 2 heterocycles. The summed E-state index contributed by atoms with van der Waals surface area (Å²) in [6, 6.07) is 13.5. The SMILES string of the molecule is O=C(c1cccc(Br)n1)N1Cc2ccccc2C1. The van der Waals surface area contributed by atoms with E-state index >= 15 is 0 Å². The molecule has 1 aliphatic heterocycles. The first-order valence-electron chi connectivity index (χ1n) is 5.72. The van der Waals surface area contributed by atoms with E-state index < -0.39 is 0 Å². The third-order valence-electron chi connectivity index (χ3n) is 3.06. The number of halogens is 1. The average Bonchev–Trinajstić information content (AvgIpc) is 2.81. The normalized spacial score (nSPS) is 13.5. The van der Waals surface area contributed by atoms with E-state index in [9.17, 15) is 4.79 Å². The number of amides is 1. The van der Waals surface area contributed by atoms with E-state index in [1.54, 1.807) is 6.07 Å². The van der Waals surface area contributed by atoms with Crippen molar-refractivity contribution in [2.24, 2.45) is 0 Å². The highest BCUT2D eigenvalue weighted by Gasteiger charge is 2.24. The molecule has 3 rings (SSSR count). The van der Waals surface area contributed by atoms with Crippen LogP contribution in [0.2, 0.25) is 0 Å². The summed E-state index contributed by atoms with van der Waals surface area (Å²) >= 11 is 3.29. The van der Waals surface area contributed by atoms with Gasteiger partial charge in [0.1, 0.15) is 10.3 Å². The highest BCUT2D eigenvalue weighted by molar-refractivity contribution is 9.10. The molecule has 0 radical (unpaired) electrons. The number of nitrogens with zero attached hydrogens (tertiary/aromatic N) is 2. The van der Waals surface area contributed by atoms with Gasteiger partial charge in [0.05, 0.1) is 0 Å². The largest absolute Gasteiger partial charge is 0.329 e. The van der Waals surface area contributed by atoms with Crippen molar-refractivity contribution in [2.75, 3.05) is 0 Å². The lowest BCUT2D eigenvalue weighted by atomic mass is 10.1. The highest BCUT2D eigenvalue weighted by Crippen LogP contribution is 2.23. The van der Waals surface area contributed by atoms with Crippen LogP contribution < -0.4 is 0 Å². The van der Waals surface area contributed by atoms with Gasteiger partial charge >= 0.3 is 0 Å². The Balaban J connectivity index is 1.84. The number of carbonyl (C=O) groups excluding carboxylic acids is 1. The Bertz CT molecular complexity index is 587. The van der Waals surface area contributed by atoms with E-state index in [-0.39, 0.29) is 5.91 Å². The Morgan fingerprint density at radius 1 is 1.06 bits per heavy atom. The molecule has 3 nitrogen and oxygen atoms in total. The number of hydrogen-bond donors (Lipinski definition) is 0. The van der Waals surface area contributed by atoms with Gasteiger partial charge in [-0.2, -0.15) is 0 Å². The molecule has 0 N–H and O–H groups in total. The van der Waals surface area contributed by atoms with Crippen LogP contribution in [0.25, 0.3) is 0 Å². The van der Waals surface area contributed by atoms with Gasteiger partial charge in [-0.05, 0) is 39.2 Å². The van der Waals surface area contributed by atoms with Crippen molar-refractivity contribution in [3.8, 4) is 0 Å². The van der Waals surface area contributed by atoms with Crippen molar-refractivity contribution in [3.05, 3.63) is 63.9 Å². The summed E-state index contributed by atoms with van der Waals surface area (Å²) in [4.78, 5) is 18.3. The molecule has 0 atom stereocenters. The van der Waals surface area contributed by atoms with Crippen LogP contribution in [-0.2, 0) is 13.1 Å². The van der Waals surface area contributed by atoms with Crippen LogP contribution in [0, 0.1) is 0 Å². The maximum Gasteiger partial charge on any atom is 0.273 e. The number of fused-ring (bicyclic) bond motifs is 1. The molecule has 4 heteroatoms. The molecule has 1 aromatic heterocycles. The minimum absolute atomic E-state index is 0.0208. The molecule has 0 bridgehead atoms. The molecular formula is C14H11BrN2O. The van der Waals surface area contributed by atoms with Gasteiger partial charge in [0.25, 0.3) is 5.91 Å². The number of hydrogen-bond acceptors (Lipinski definition) is 2. The van der Waals surface area contributed by atoms with Crippen molar-refractivity contribution >= 4 is 21.8 Å². The molecule has 0 saturated carbocycles. The van der Waals surface area contributed by atoms with Crippen molar-refractivity contribution in [1.29, 1.82) is 0 Å². The molecule has 2 aromatic rings. The van der Waals surface area contributed by atoms with E-state index in [4.69, 9.17) is 0 Å². The van der Waals surface area contributed by atoms with Crippen LogP contribution >= 0.6 is 15.9 Å². The van der Waals surface area contributed by atoms with Crippen molar-refractivity contribution in [2.45, 2.75) is 13.1 Å². The van der Waals surface area contributed by atoms with Gasteiger partial charge in [0.15, 0.2) is 0 Å². The monoisotopic (exact) mass is 302 g/mol. The number of benzene rings is 1. The maximum absolute atomic E-state index is 12.3. The van der Waals surface area contributed by atoms with Gasteiger partial charge in [-0.3, -0.25) is 4.79 Å². The molecule has 1 amide bonds. The van der Waals surface area contributed by atoms with Crippen LogP contribution in [0.15, 0.2) is 47.1 Å². The smallest absolute Gasteiger partial charge is 0.273 e. The molecule has 0 saturated heterocycles. The average molecular weight is 303 g/mol. The number of rotatable bonds is 1. The lowest BCUT2D eigenvalue weighted by molar-refractivity contribution is 0.0745. The second-order valence-electron chi connectivity index (χ2n) is 4.28. The van der Waals surface area contributed by atoms with Crippen LogP contribution in [0.4, 0.5) is 0 Å². The van der Waals surface area contributed by atoms with Gasteiger partial charge in [-0.25, -0.2) is 4.98 Å². The van der Waals surface area contributed by atoms with E-state index in [0.29, 0.717) is 23.4 Å². The Kier molecular flexibility index (Phi) is 2.88. The van der Waals surface area contributed by atoms with Gasteiger partial charge in [0, 0.05) is 13.1 Å². The molecule has 0 aliphatic carbocycles. The van der Waals surface area contributed by atoms with Crippen LogP contribution in [-0.4, -0.2) is 15.8 Å². The Morgan fingerprint density at radius 2 is 1.72 bits per heavy atom. The summed E-state index contributed by atoms with van der Waals surface area (Å²) in [5.74, 6) is -0.0208. The topological polar surface area (TPSA) is 33.2 Å². The number of pyridine rings is 1. The molecule has 0 fully saturated rings. The summed E-state index contributed by atoms with van der Waals surface area (Å²) in [6.45, 7) is 1.34. The maximum atomic E-state index is 12.3. The minimum atomic E-state index is -0.0208. The van der Waals surface area contributed by atoms with Gasteiger partial charge in [-0.1, -0.05) is 30.3 Å². The van der Waals surface area contributed by atoms with Crippen LogP contribution in [0.3, 0.4) is 0 Å². The molecule has 1 aromatic carbocycles. The second-order valence-corrected chi connectivity index (χ2v) is 5.09. The van der Waals surface area contributed by atoms with Crippen molar-refractivity contribution in [3.63, 3.8) is 0 Å². The lowest BCUT2D eigenvalue weighted by Crippen LogP contribution is -2.26. The number of aromatic nitrogens is 1. The molecular weight excluding hydrogens is 292 g/mol. The van der Waals surface area contributed by atoms with Crippen molar-refractivity contribution < 1.29 is 4.79 Å². The standard InChI is InChI=1S/C14H11BrN2O/c15-13-7-3-6-12(16-13)14(18)17-8-10-4-1-2-5-11(10)9-17/h1-7H,8-9H2. The predicted octanol–water partition coefficient (Wildman–Crippen LogP) is 3.00. The zero-order chi connectivity index (χ0) is 12.5. The fourth-order valence-corrected chi connectivity index (χ4v) is 2.51. The van der Waals surface area contributed by atoms with Gasteiger partial charge < -0.3 is 4.90 Å². The van der Waals surface area contributed by atoms with E-state index in [1.165, 1.54) is 11.1 Å². The molecule has 0 spiro atoms. The van der Waals surface area contributed by atoms with Gasteiger partial charge in [0.2, 0.25) is 0 Å². The molecule has 90 valence electrons. The minimum Gasteiger partial charge on any atom is -0.329 e. The van der Waals surface area contributed by atoms with E-state index in [1.807, 2.05) is 29.2 Å². The Hall–Kier alpha value is -1.68. The van der Waals surface area contributed by atoms with E-state index in [2.05, 4.69) is 33.0 Å². The van der Waals surface area contributed by atoms with Gasteiger partial charge in [-0.15, -0.1) is 0 Å². The van der Waals surface area contributed by atoms with Crippen LogP contribution in [0.5, 0.6) is 0 Å². The summed E-state index contributed by atoms with van der Waals surface area (Å²) in [6.07, 6.45) is 0. The predicted molar refractivity (Wildman–Crippen MR) is 72.0 cm³/mol. The zero-order valence-corrected chi connectivity index (χ0v) is 11.2.